The predicted molar refractivity (Wildman–Crippen MR) is 259 cm³/mol. The predicted octanol–water partition coefficient (Wildman–Crippen LogP) is 16.1. The molecule has 61 heavy (non-hydrogen) atoms. The third-order valence-electron chi connectivity index (χ3n) is 12.6. The van der Waals surface area contributed by atoms with E-state index in [0.717, 1.165) is 22.6 Å². The Morgan fingerprint density at radius 2 is 0.967 bits per heavy atom. The molecule has 290 valence electrons. The van der Waals surface area contributed by atoms with Crippen molar-refractivity contribution in [1.29, 1.82) is 0 Å². The summed E-state index contributed by atoms with van der Waals surface area (Å²) in [4.78, 5) is 2.30. The average Bonchev–Trinajstić information content (AvgIpc) is 3.76. The molecule has 1 aliphatic carbocycles. The molecule has 2 heteroatoms. The van der Waals surface area contributed by atoms with E-state index in [0.29, 0.717) is 0 Å². The van der Waals surface area contributed by atoms with Crippen LogP contribution in [0.25, 0.3) is 73.0 Å². The number of nitrogens with zero attached hydrogens (tertiary/aromatic N) is 2. The second-order valence-corrected chi connectivity index (χ2v) is 16.6. The van der Waals surface area contributed by atoms with Crippen molar-refractivity contribution in [1.82, 2.24) is 4.57 Å². The number of hydrogen-bond donors (Lipinski definition) is 0. The standard InChI is InChI=1S/C59H44N2/c1-59(2)53-38-42(31-30-41-32-35-48(36-33-41)60(46-24-11-5-12-25-46)47-26-13-6-14-27-47)34-37-50(53)51-39-52-56(40-54(51)59)61(55-29-17-23-43-18-15-16-28-49(43)55)58(45-21-9-4-10-22-45)57(52)44-19-7-3-8-20-44/h3-40H,1-2H3. The summed E-state index contributed by atoms with van der Waals surface area (Å²) in [5.41, 5.74) is 18.1. The van der Waals surface area contributed by atoms with E-state index in [1.165, 1.54) is 77.6 Å². The van der Waals surface area contributed by atoms with Gasteiger partial charge < -0.3 is 9.47 Å². The zero-order chi connectivity index (χ0) is 40.9. The Morgan fingerprint density at radius 1 is 0.426 bits per heavy atom. The summed E-state index contributed by atoms with van der Waals surface area (Å²) in [6, 6.07) is 79.3. The van der Waals surface area contributed by atoms with Gasteiger partial charge in [-0.1, -0.05) is 190 Å². The molecule has 10 aromatic rings. The van der Waals surface area contributed by atoms with E-state index in [4.69, 9.17) is 0 Å². The molecule has 1 aromatic heterocycles. The second-order valence-electron chi connectivity index (χ2n) is 16.6. The largest absolute Gasteiger partial charge is 0.311 e. The summed E-state index contributed by atoms with van der Waals surface area (Å²) < 4.78 is 2.53. The van der Waals surface area contributed by atoms with Crippen LogP contribution in [0.4, 0.5) is 17.1 Å². The van der Waals surface area contributed by atoms with Gasteiger partial charge in [0.15, 0.2) is 0 Å². The van der Waals surface area contributed by atoms with E-state index >= 15 is 0 Å². The zero-order valence-corrected chi connectivity index (χ0v) is 34.3. The van der Waals surface area contributed by atoms with Gasteiger partial charge in [0, 0.05) is 38.8 Å². The van der Waals surface area contributed by atoms with Crippen LogP contribution < -0.4 is 4.90 Å². The lowest BCUT2D eigenvalue weighted by Gasteiger charge is -2.25. The fourth-order valence-electron chi connectivity index (χ4n) is 9.58. The molecular formula is C59H44N2. The highest BCUT2D eigenvalue weighted by molar-refractivity contribution is 6.10. The van der Waals surface area contributed by atoms with Crippen LogP contribution in [0.3, 0.4) is 0 Å². The molecule has 0 saturated carbocycles. The minimum Gasteiger partial charge on any atom is -0.311 e. The summed E-state index contributed by atoms with van der Waals surface area (Å²) in [7, 11) is 0. The third-order valence-corrected chi connectivity index (χ3v) is 12.6. The summed E-state index contributed by atoms with van der Waals surface area (Å²) in [6.07, 6.45) is 4.49. The summed E-state index contributed by atoms with van der Waals surface area (Å²) in [5.74, 6) is 0. The maximum atomic E-state index is 2.53. The quantitative estimate of drug-likeness (QED) is 0.139. The molecule has 11 rings (SSSR count). The van der Waals surface area contributed by atoms with Gasteiger partial charge in [-0.05, 0) is 104 Å². The minimum atomic E-state index is -0.212. The fraction of sp³-hybridized carbons (Fsp3) is 0.0508. The van der Waals surface area contributed by atoms with Gasteiger partial charge in [-0.15, -0.1) is 0 Å². The van der Waals surface area contributed by atoms with E-state index in [2.05, 4.69) is 254 Å². The topological polar surface area (TPSA) is 8.17 Å². The van der Waals surface area contributed by atoms with Crippen molar-refractivity contribution in [2.24, 2.45) is 0 Å². The molecule has 0 amide bonds. The first-order valence-corrected chi connectivity index (χ1v) is 21.2. The van der Waals surface area contributed by atoms with Crippen LogP contribution in [0.5, 0.6) is 0 Å². The van der Waals surface area contributed by atoms with Gasteiger partial charge in [0.2, 0.25) is 0 Å². The van der Waals surface area contributed by atoms with Crippen LogP contribution in [0.1, 0.15) is 36.1 Å². The Hall–Kier alpha value is -7.68. The molecule has 0 fully saturated rings. The van der Waals surface area contributed by atoms with Crippen LogP contribution in [0.15, 0.2) is 218 Å². The normalized spacial score (nSPS) is 12.8. The van der Waals surface area contributed by atoms with Gasteiger partial charge >= 0.3 is 0 Å². The van der Waals surface area contributed by atoms with Crippen LogP contribution >= 0.6 is 0 Å². The molecule has 9 aromatic carbocycles. The van der Waals surface area contributed by atoms with E-state index in [1.807, 2.05) is 0 Å². The number of para-hydroxylation sites is 2. The molecule has 0 spiro atoms. The summed E-state index contributed by atoms with van der Waals surface area (Å²) >= 11 is 0. The van der Waals surface area contributed by atoms with Crippen LogP contribution in [0.2, 0.25) is 0 Å². The number of fused-ring (bicyclic) bond motifs is 5. The highest BCUT2D eigenvalue weighted by Gasteiger charge is 2.37. The Balaban J connectivity index is 1.02. The van der Waals surface area contributed by atoms with Crippen molar-refractivity contribution < 1.29 is 0 Å². The molecule has 1 heterocycles. The number of anilines is 3. The van der Waals surface area contributed by atoms with Gasteiger partial charge in [-0.3, -0.25) is 0 Å². The summed E-state index contributed by atoms with van der Waals surface area (Å²) in [6.45, 7) is 4.78. The maximum absolute atomic E-state index is 2.53. The lowest BCUT2D eigenvalue weighted by Crippen LogP contribution is -2.15. The van der Waals surface area contributed by atoms with Crippen LogP contribution in [0, 0.1) is 0 Å². The van der Waals surface area contributed by atoms with Gasteiger partial charge in [-0.25, -0.2) is 0 Å². The molecule has 0 radical (unpaired) electrons. The lowest BCUT2D eigenvalue weighted by molar-refractivity contribution is 0.661. The maximum Gasteiger partial charge on any atom is 0.0619 e. The van der Waals surface area contributed by atoms with Crippen molar-refractivity contribution in [2.45, 2.75) is 19.3 Å². The van der Waals surface area contributed by atoms with Crippen molar-refractivity contribution in [3.8, 4) is 39.2 Å². The molecule has 0 aliphatic heterocycles. The van der Waals surface area contributed by atoms with Crippen molar-refractivity contribution in [2.75, 3.05) is 4.90 Å². The average molecular weight is 781 g/mol. The highest BCUT2D eigenvalue weighted by atomic mass is 15.1. The SMILES string of the molecule is CC1(C)c2cc(C=Cc3ccc(N(c4ccccc4)c4ccccc4)cc3)ccc2-c2cc3c(-c4ccccc4)c(-c4ccccc4)n(-c4cccc5ccccc45)c3cc21. The molecule has 0 atom stereocenters. The van der Waals surface area contributed by atoms with Crippen molar-refractivity contribution >= 4 is 50.9 Å². The van der Waals surface area contributed by atoms with Crippen molar-refractivity contribution in [3.63, 3.8) is 0 Å². The Labute approximate surface area is 358 Å². The zero-order valence-electron chi connectivity index (χ0n) is 34.3. The van der Waals surface area contributed by atoms with Gasteiger partial charge in [0.25, 0.3) is 0 Å². The fourth-order valence-corrected chi connectivity index (χ4v) is 9.58. The highest BCUT2D eigenvalue weighted by Crippen LogP contribution is 2.53. The molecule has 0 bridgehead atoms. The van der Waals surface area contributed by atoms with Crippen molar-refractivity contribution in [3.05, 3.63) is 241 Å². The smallest absolute Gasteiger partial charge is 0.0619 e. The molecule has 2 nitrogen and oxygen atoms in total. The van der Waals surface area contributed by atoms with Gasteiger partial charge in [0.05, 0.1) is 16.9 Å². The molecule has 0 N–H and O–H groups in total. The summed E-state index contributed by atoms with van der Waals surface area (Å²) in [5, 5.41) is 3.72. The van der Waals surface area contributed by atoms with Gasteiger partial charge in [-0.2, -0.15) is 0 Å². The number of hydrogen-bond acceptors (Lipinski definition) is 1. The Kier molecular flexibility index (Phi) is 8.86. The third kappa shape index (κ3) is 6.27. The molecular weight excluding hydrogens is 737 g/mol. The van der Waals surface area contributed by atoms with Gasteiger partial charge in [0.1, 0.15) is 0 Å². The minimum absolute atomic E-state index is 0.212. The second kappa shape index (κ2) is 14.9. The Morgan fingerprint density at radius 3 is 1.66 bits per heavy atom. The van der Waals surface area contributed by atoms with E-state index in [-0.39, 0.29) is 5.41 Å². The molecule has 1 aliphatic rings. The monoisotopic (exact) mass is 780 g/mol. The molecule has 0 saturated heterocycles. The van der Waals surface area contributed by atoms with E-state index in [1.54, 1.807) is 0 Å². The number of aromatic nitrogens is 1. The van der Waals surface area contributed by atoms with Crippen LogP contribution in [-0.4, -0.2) is 4.57 Å². The number of rotatable bonds is 8. The van der Waals surface area contributed by atoms with Crippen LogP contribution in [-0.2, 0) is 5.41 Å². The van der Waals surface area contributed by atoms with E-state index < -0.39 is 0 Å². The first-order valence-electron chi connectivity index (χ1n) is 21.2. The van der Waals surface area contributed by atoms with E-state index in [9.17, 15) is 0 Å². The lowest BCUT2D eigenvalue weighted by atomic mass is 9.81. The molecule has 0 unspecified atom stereocenters. The Bertz CT molecular complexity index is 3190. The first kappa shape index (κ1) is 36.4. The first-order chi connectivity index (χ1) is 30.0. The number of benzene rings is 9.